The Morgan fingerprint density at radius 1 is 1.16 bits per heavy atom. The summed E-state index contributed by atoms with van der Waals surface area (Å²) in [6.07, 6.45) is 11.5. The van der Waals surface area contributed by atoms with Crippen molar-refractivity contribution in [2.75, 3.05) is 7.11 Å². The van der Waals surface area contributed by atoms with Crippen LogP contribution in [0.15, 0.2) is 23.8 Å². The van der Waals surface area contributed by atoms with E-state index in [1.807, 2.05) is 12.2 Å². The molecule has 8 heteroatoms. The molecule has 0 radical (unpaired) electrons. The topological polar surface area (TPSA) is 93.7 Å². The van der Waals surface area contributed by atoms with Crippen LogP contribution in [0.1, 0.15) is 65.7 Å². The lowest BCUT2D eigenvalue weighted by Gasteiger charge is -2.32. The molecule has 2 amide bonds. The predicted molar refractivity (Wildman–Crippen MR) is 128 cm³/mol. The number of carbonyl (C=O) groups is 3. The summed E-state index contributed by atoms with van der Waals surface area (Å²) in [6, 6.07) is -1.55. The van der Waals surface area contributed by atoms with Crippen LogP contribution in [0.25, 0.3) is 0 Å². The molecule has 0 heterocycles. The Kier molecular flexibility index (Phi) is 9.84. The Labute approximate surface area is 198 Å². The summed E-state index contributed by atoms with van der Waals surface area (Å²) in [5, 5.41) is 5.61. The number of ether oxygens (including phenoxy) is 2. The maximum Gasteiger partial charge on any atom is 0.408 e. The van der Waals surface area contributed by atoms with Crippen LogP contribution < -0.4 is 10.6 Å². The van der Waals surface area contributed by atoms with Crippen LogP contribution in [-0.4, -0.2) is 46.7 Å². The van der Waals surface area contributed by atoms with E-state index in [0.29, 0.717) is 10.3 Å². The number of hydrogen-bond acceptors (Lipinski definition) is 5. The molecule has 0 saturated heterocycles. The Morgan fingerprint density at radius 3 is 2.42 bits per heavy atom. The number of nitrogens with one attached hydrogen (secondary N) is 2. The van der Waals surface area contributed by atoms with Gasteiger partial charge in [0.1, 0.15) is 17.7 Å². The molecule has 31 heavy (non-hydrogen) atoms. The lowest BCUT2D eigenvalue weighted by atomic mass is 9.83. The van der Waals surface area contributed by atoms with E-state index in [2.05, 4.69) is 39.3 Å². The van der Waals surface area contributed by atoms with Gasteiger partial charge in [0.05, 0.1) is 7.11 Å². The van der Waals surface area contributed by atoms with Gasteiger partial charge in [-0.25, -0.2) is 9.59 Å². The highest BCUT2D eigenvalue weighted by Crippen LogP contribution is 2.28. The Bertz CT molecular complexity index is 707. The van der Waals surface area contributed by atoms with E-state index in [1.165, 1.54) is 7.11 Å². The number of halogens is 1. The van der Waals surface area contributed by atoms with Gasteiger partial charge < -0.3 is 20.1 Å². The van der Waals surface area contributed by atoms with Gasteiger partial charge in [0.25, 0.3) is 0 Å². The molecule has 0 aromatic rings. The predicted octanol–water partition coefficient (Wildman–Crippen LogP) is 4.20. The van der Waals surface area contributed by atoms with Gasteiger partial charge in [0.2, 0.25) is 5.91 Å². The number of hydrogen-bond donors (Lipinski definition) is 2. The van der Waals surface area contributed by atoms with Gasteiger partial charge in [-0.3, -0.25) is 4.79 Å². The SMILES string of the molecule is COC(=O)[C@H](CC1=CC=CC(I)C1)NC(=O)C(NC(=O)OC(C)(C)C)C1CCCCC1. The first-order chi connectivity index (χ1) is 14.6. The third kappa shape index (κ3) is 8.82. The van der Waals surface area contributed by atoms with Gasteiger partial charge in [-0.15, -0.1) is 0 Å². The molecule has 2 N–H and O–H groups in total. The van der Waals surface area contributed by atoms with Crippen molar-refractivity contribution >= 4 is 40.6 Å². The standard InChI is InChI=1S/C23H35IN2O5/c1-23(2,3)31-22(29)26-19(16-10-6-5-7-11-16)20(27)25-18(21(28)30-4)14-15-9-8-12-17(24)13-15/h8-9,12,16-19H,5-7,10-11,13-14H2,1-4H3,(H,25,27)(H,26,29)/t17?,18-,19?/m0/s1. The molecule has 0 aliphatic heterocycles. The molecule has 0 aromatic carbocycles. The highest BCUT2D eigenvalue weighted by atomic mass is 127. The highest BCUT2D eigenvalue weighted by molar-refractivity contribution is 14.1. The van der Waals surface area contributed by atoms with Crippen molar-refractivity contribution in [3.63, 3.8) is 0 Å². The summed E-state index contributed by atoms with van der Waals surface area (Å²) in [5.41, 5.74) is 0.412. The second-order valence-corrected chi connectivity index (χ2v) is 10.8. The maximum atomic E-state index is 13.3. The van der Waals surface area contributed by atoms with E-state index in [1.54, 1.807) is 20.8 Å². The summed E-state index contributed by atoms with van der Waals surface area (Å²) in [4.78, 5) is 38.1. The van der Waals surface area contributed by atoms with Gasteiger partial charge >= 0.3 is 12.1 Å². The van der Waals surface area contributed by atoms with Crippen LogP contribution >= 0.6 is 22.6 Å². The molecular formula is C23H35IN2O5. The minimum atomic E-state index is -0.801. The Balaban J connectivity index is 2.13. The van der Waals surface area contributed by atoms with Crippen molar-refractivity contribution in [2.24, 2.45) is 5.92 Å². The molecule has 2 aliphatic rings. The Hall–Kier alpha value is -1.58. The van der Waals surface area contributed by atoms with Gasteiger partial charge in [-0.05, 0) is 52.4 Å². The third-order valence-electron chi connectivity index (χ3n) is 5.45. The van der Waals surface area contributed by atoms with Crippen molar-refractivity contribution < 1.29 is 23.9 Å². The first-order valence-electron chi connectivity index (χ1n) is 11.0. The van der Waals surface area contributed by atoms with Crippen LogP contribution in [0.5, 0.6) is 0 Å². The monoisotopic (exact) mass is 546 g/mol. The lowest BCUT2D eigenvalue weighted by molar-refractivity contribution is -0.145. The van der Waals surface area contributed by atoms with Crippen molar-refractivity contribution in [3.05, 3.63) is 23.8 Å². The maximum absolute atomic E-state index is 13.3. The van der Waals surface area contributed by atoms with E-state index < -0.39 is 29.7 Å². The van der Waals surface area contributed by atoms with Gasteiger partial charge in [-0.2, -0.15) is 0 Å². The van der Waals surface area contributed by atoms with Crippen LogP contribution in [0.3, 0.4) is 0 Å². The summed E-state index contributed by atoms with van der Waals surface area (Å²) in [7, 11) is 1.31. The van der Waals surface area contributed by atoms with Crippen molar-refractivity contribution in [3.8, 4) is 0 Å². The quantitative estimate of drug-likeness (QED) is 0.284. The molecule has 2 unspecified atom stereocenters. The number of esters is 1. The minimum Gasteiger partial charge on any atom is -0.467 e. The number of alkyl carbamates (subject to hydrolysis) is 1. The number of alkyl halides is 1. The van der Waals surface area contributed by atoms with E-state index in [4.69, 9.17) is 9.47 Å². The molecule has 0 aromatic heterocycles. The highest BCUT2D eigenvalue weighted by Gasteiger charge is 2.35. The van der Waals surface area contributed by atoms with Gasteiger partial charge in [0, 0.05) is 3.92 Å². The largest absolute Gasteiger partial charge is 0.467 e. The zero-order valence-electron chi connectivity index (χ0n) is 18.9. The van der Waals surface area contributed by atoms with Crippen molar-refractivity contribution in [1.29, 1.82) is 0 Å². The zero-order chi connectivity index (χ0) is 23.0. The molecular weight excluding hydrogens is 511 g/mol. The van der Waals surface area contributed by atoms with E-state index in [-0.39, 0.29) is 11.8 Å². The number of rotatable bonds is 7. The molecule has 2 rings (SSSR count). The fourth-order valence-electron chi connectivity index (χ4n) is 4.01. The van der Waals surface area contributed by atoms with Gasteiger partial charge in [0.15, 0.2) is 0 Å². The average Bonchev–Trinajstić information content (AvgIpc) is 2.70. The van der Waals surface area contributed by atoms with E-state index in [9.17, 15) is 14.4 Å². The normalized spacial score (nSPS) is 21.5. The van der Waals surface area contributed by atoms with Crippen LogP contribution in [0.4, 0.5) is 4.79 Å². The van der Waals surface area contributed by atoms with E-state index in [0.717, 1.165) is 44.1 Å². The minimum absolute atomic E-state index is 0.00937. The third-order valence-corrected chi connectivity index (χ3v) is 6.31. The fourth-order valence-corrected chi connectivity index (χ4v) is 4.81. The van der Waals surface area contributed by atoms with Crippen LogP contribution in [0.2, 0.25) is 0 Å². The first kappa shape index (κ1) is 25.7. The first-order valence-corrected chi connectivity index (χ1v) is 12.2. The second-order valence-electron chi connectivity index (χ2n) is 9.24. The summed E-state index contributed by atoms with van der Waals surface area (Å²) < 4.78 is 10.7. The molecule has 7 nitrogen and oxygen atoms in total. The average molecular weight is 546 g/mol. The number of carbonyl (C=O) groups excluding carboxylic acids is 3. The molecule has 1 fully saturated rings. The van der Waals surface area contributed by atoms with Crippen molar-refractivity contribution in [1.82, 2.24) is 10.6 Å². The molecule has 0 bridgehead atoms. The zero-order valence-corrected chi connectivity index (χ0v) is 21.1. The fraction of sp³-hybridized carbons (Fsp3) is 0.696. The summed E-state index contributed by atoms with van der Waals surface area (Å²) in [5.74, 6) is -0.852. The number of amides is 2. The lowest BCUT2D eigenvalue weighted by Crippen LogP contribution is -2.55. The summed E-state index contributed by atoms with van der Waals surface area (Å²) in [6.45, 7) is 5.34. The summed E-state index contributed by atoms with van der Waals surface area (Å²) >= 11 is 2.34. The number of methoxy groups -OCH3 is 1. The van der Waals surface area contributed by atoms with Crippen LogP contribution in [0, 0.1) is 5.92 Å². The van der Waals surface area contributed by atoms with Crippen molar-refractivity contribution in [2.45, 2.75) is 87.3 Å². The van der Waals surface area contributed by atoms with E-state index >= 15 is 0 Å². The van der Waals surface area contributed by atoms with Crippen LogP contribution in [-0.2, 0) is 19.1 Å². The molecule has 0 spiro atoms. The number of allylic oxidation sites excluding steroid dienone is 3. The molecule has 2 aliphatic carbocycles. The Morgan fingerprint density at radius 2 is 1.84 bits per heavy atom. The smallest absolute Gasteiger partial charge is 0.408 e. The van der Waals surface area contributed by atoms with Gasteiger partial charge in [-0.1, -0.05) is 65.7 Å². The molecule has 3 atom stereocenters. The molecule has 174 valence electrons. The second kappa shape index (κ2) is 11.9. The molecule has 1 saturated carbocycles.